The van der Waals surface area contributed by atoms with Crippen LogP contribution >= 0.6 is 24.0 Å². The van der Waals surface area contributed by atoms with Gasteiger partial charge in [-0.2, -0.15) is 0 Å². The van der Waals surface area contributed by atoms with Gasteiger partial charge in [0.05, 0.1) is 25.9 Å². The van der Waals surface area contributed by atoms with Crippen molar-refractivity contribution in [1.29, 1.82) is 0 Å². The van der Waals surface area contributed by atoms with Gasteiger partial charge in [0.2, 0.25) is 5.88 Å². The molecule has 1 unspecified atom stereocenters. The van der Waals surface area contributed by atoms with Crippen LogP contribution in [0.2, 0.25) is 0 Å². The first kappa shape index (κ1) is 25.0. The lowest BCUT2D eigenvalue weighted by Crippen LogP contribution is -2.39. The molecule has 7 nitrogen and oxygen atoms in total. The minimum Gasteiger partial charge on any atom is -0.491 e. The Balaban J connectivity index is 0.00000420. The Morgan fingerprint density at radius 1 is 1.21 bits per heavy atom. The maximum absolute atomic E-state index is 10.5. The molecule has 1 atom stereocenters. The number of halogens is 1. The number of pyridine rings is 1. The van der Waals surface area contributed by atoms with E-state index in [4.69, 9.17) is 9.47 Å². The monoisotopic (exact) mass is 514 g/mol. The van der Waals surface area contributed by atoms with Crippen LogP contribution in [0.25, 0.3) is 0 Å². The van der Waals surface area contributed by atoms with E-state index in [9.17, 15) is 5.11 Å². The number of aromatic nitrogens is 1. The second-order valence-electron chi connectivity index (χ2n) is 6.50. The fourth-order valence-corrected chi connectivity index (χ4v) is 2.61. The predicted octanol–water partition coefficient (Wildman–Crippen LogP) is 3.28. The lowest BCUT2D eigenvalue weighted by atomic mass is 10.1. The fraction of sp³-hybridized carbons (Fsp3) is 0.429. The third-order valence-electron chi connectivity index (χ3n) is 3.87. The summed E-state index contributed by atoms with van der Waals surface area (Å²) >= 11 is 0. The summed E-state index contributed by atoms with van der Waals surface area (Å²) in [7, 11) is 1.59. The molecule has 1 aromatic carbocycles. The van der Waals surface area contributed by atoms with Gasteiger partial charge in [0.1, 0.15) is 5.75 Å². The Bertz CT molecular complexity index is 771. The van der Waals surface area contributed by atoms with Crippen LogP contribution in [-0.4, -0.2) is 42.4 Å². The zero-order valence-corrected chi connectivity index (χ0v) is 19.7. The normalized spacial score (nSPS) is 12.1. The van der Waals surface area contributed by atoms with Crippen molar-refractivity contribution in [2.45, 2.75) is 39.5 Å². The molecule has 0 amide bonds. The number of aliphatic imine (C=N–C) groups is 1. The predicted molar refractivity (Wildman–Crippen MR) is 126 cm³/mol. The van der Waals surface area contributed by atoms with Gasteiger partial charge >= 0.3 is 0 Å². The molecule has 1 heterocycles. The number of nitrogens with zero attached hydrogens (tertiary/aromatic N) is 2. The summed E-state index contributed by atoms with van der Waals surface area (Å²) in [4.78, 5) is 8.73. The zero-order chi connectivity index (χ0) is 20.4. The number of benzene rings is 1. The Hall–Kier alpha value is -2.07. The second kappa shape index (κ2) is 13.2. The summed E-state index contributed by atoms with van der Waals surface area (Å²) < 4.78 is 11.0. The molecule has 0 fully saturated rings. The van der Waals surface area contributed by atoms with E-state index in [1.807, 2.05) is 57.2 Å². The number of rotatable bonds is 9. The number of aliphatic hydroxyl groups excluding tert-OH is 1. The van der Waals surface area contributed by atoms with Gasteiger partial charge in [0, 0.05) is 24.8 Å². The topological polar surface area (TPSA) is 88.0 Å². The van der Waals surface area contributed by atoms with Crippen LogP contribution in [0, 0.1) is 0 Å². The molecule has 0 spiro atoms. The molecule has 8 heteroatoms. The molecule has 0 aliphatic heterocycles. The highest BCUT2D eigenvalue weighted by molar-refractivity contribution is 14.0. The third kappa shape index (κ3) is 8.45. The number of methoxy groups -OCH3 is 1. The summed E-state index contributed by atoms with van der Waals surface area (Å²) in [5.41, 5.74) is 1.68. The van der Waals surface area contributed by atoms with E-state index in [1.54, 1.807) is 13.3 Å². The molecule has 0 saturated heterocycles. The van der Waals surface area contributed by atoms with Crippen LogP contribution in [0.1, 0.15) is 38.0 Å². The van der Waals surface area contributed by atoms with Crippen LogP contribution in [-0.2, 0) is 6.54 Å². The number of aliphatic hydroxyl groups is 1. The van der Waals surface area contributed by atoms with Crippen molar-refractivity contribution in [3.05, 3.63) is 53.7 Å². The van der Waals surface area contributed by atoms with Crippen molar-refractivity contribution in [1.82, 2.24) is 15.6 Å². The summed E-state index contributed by atoms with van der Waals surface area (Å²) in [6, 6.07) is 11.3. The van der Waals surface area contributed by atoms with E-state index in [2.05, 4.69) is 20.6 Å². The average molecular weight is 514 g/mol. The van der Waals surface area contributed by atoms with Crippen molar-refractivity contribution in [3.63, 3.8) is 0 Å². The van der Waals surface area contributed by atoms with Crippen LogP contribution in [0.15, 0.2) is 47.6 Å². The molecule has 2 aromatic rings. The molecule has 2 rings (SSSR count). The Kier molecular flexibility index (Phi) is 11.4. The van der Waals surface area contributed by atoms with E-state index < -0.39 is 6.10 Å². The minimum absolute atomic E-state index is 0. The third-order valence-corrected chi connectivity index (χ3v) is 3.87. The number of ether oxygens (including phenoxy) is 2. The molecule has 3 N–H and O–H groups in total. The molecular formula is C21H31IN4O3. The standard InChI is InChI=1S/C21H30N4O3.HI/c1-5-22-21(24-13-17-9-7-11-23-20(17)27-4)25-14-19(26)16-8-6-10-18(12-16)28-15(2)3;/h6-12,15,19,26H,5,13-14H2,1-4H3,(H2,22,24,25);1H. The Morgan fingerprint density at radius 2 is 2.00 bits per heavy atom. The SMILES string of the molecule is CCNC(=NCc1cccnc1OC)NCC(O)c1cccc(OC(C)C)c1.I. The molecule has 1 aromatic heterocycles. The highest BCUT2D eigenvalue weighted by atomic mass is 127. The van der Waals surface area contributed by atoms with Gasteiger partial charge in [-0.1, -0.05) is 18.2 Å². The van der Waals surface area contributed by atoms with E-state index in [0.29, 0.717) is 31.5 Å². The molecule has 160 valence electrons. The van der Waals surface area contributed by atoms with Crippen LogP contribution in [0.4, 0.5) is 0 Å². The molecule has 0 aliphatic rings. The molecular weight excluding hydrogens is 483 g/mol. The quantitative estimate of drug-likeness (QED) is 0.271. The maximum atomic E-state index is 10.5. The molecule has 0 aliphatic carbocycles. The van der Waals surface area contributed by atoms with E-state index in [-0.39, 0.29) is 30.1 Å². The Labute approximate surface area is 190 Å². The van der Waals surface area contributed by atoms with E-state index in [0.717, 1.165) is 16.9 Å². The van der Waals surface area contributed by atoms with Gasteiger partial charge in [-0.3, -0.25) is 0 Å². The summed E-state index contributed by atoms with van der Waals surface area (Å²) in [5.74, 6) is 1.92. The van der Waals surface area contributed by atoms with Crippen molar-refractivity contribution in [2.24, 2.45) is 4.99 Å². The highest BCUT2D eigenvalue weighted by Gasteiger charge is 2.10. The van der Waals surface area contributed by atoms with Gasteiger partial charge in [0.25, 0.3) is 0 Å². The summed E-state index contributed by atoms with van der Waals surface area (Å²) in [6.07, 6.45) is 1.08. The smallest absolute Gasteiger partial charge is 0.218 e. The van der Waals surface area contributed by atoms with Gasteiger partial charge < -0.3 is 25.2 Å². The first-order valence-corrected chi connectivity index (χ1v) is 9.48. The second-order valence-corrected chi connectivity index (χ2v) is 6.50. The molecule has 0 saturated carbocycles. The molecule has 0 bridgehead atoms. The lowest BCUT2D eigenvalue weighted by molar-refractivity contribution is 0.179. The number of hydrogen-bond acceptors (Lipinski definition) is 5. The highest BCUT2D eigenvalue weighted by Crippen LogP contribution is 2.20. The van der Waals surface area contributed by atoms with Crippen molar-refractivity contribution < 1.29 is 14.6 Å². The number of guanidine groups is 1. The van der Waals surface area contributed by atoms with E-state index in [1.165, 1.54) is 0 Å². The van der Waals surface area contributed by atoms with Crippen molar-refractivity contribution in [3.8, 4) is 11.6 Å². The van der Waals surface area contributed by atoms with Crippen LogP contribution in [0.3, 0.4) is 0 Å². The zero-order valence-electron chi connectivity index (χ0n) is 17.4. The van der Waals surface area contributed by atoms with Gasteiger partial charge in [0.15, 0.2) is 5.96 Å². The first-order valence-electron chi connectivity index (χ1n) is 9.48. The van der Waals surface area contributed by atoms with Crippen LogP contribution < -0.4 is 20.1 Å². The largest absolute Gasteiger partial charge is 0.491 e. The van der Waals surface area contributed by atoms with Gasteiger partial charge in [-0.25, -0.2) is 9.98 Å². The average Bonchev–Trinajstić information content (AvgIpc) is 2.69. The first-order chi connectivity index (χ1) is 13.5. The maximum Gasteiger partial charge on any atom is 0.218 e. The molecule has 29 heavy (non-hydrogen) atoms. The van der Waals surface area contributed by atoms with Gasteiger partial charge in [-0.15, -0.1) is 24.0 Å². The number of hydrogen-bond donors (Lipinski definition) is 3. The minimum atomic E-state index is -0.688. The fourth-order valence-electron chi connectivity index (χ4n) is 2.61. The summed E-state index contributed by atoms with van der Waals surface area (Å²) in [6.45, 7) is 7.39. The summed E-state index contributed by atoms with van der Waals surface area (Å²) in [5, 5.41) is 16.9. The molecule has 0 radical (unpaired) electrons. The number of nitrogens with one attached hydrogen (secondary N) is 2. The van der Waals surface area contributed by atoms with Crippen molar-refractivity contribution in [2.75, 3.05) is 20.2 Å². The van der Waals surface area contributed by atoms with Crippen molar-refractivity contribution >= 4 is 29.9 Å². The van der Waals surface area contributed by atoms with Crippen LogP contribution in [0.5, 0.6) is 11.6 Å². The van der Waals surface area contributed by atoms with Gasteiger partial charge in [-0.05, 0) is 44.5 Å². The Morgan fingerprint density at radius 3 is 2.69 bits per heavy atom. The van der Waals surface area contributed by atoms with E-state index >= 15 is 0 Å². The lowest BCUT2D eigenvalue weighted by Gasteiger charge is -2.17.